The van der Waals surface area contributed by atoms with Gasteiger partial charge in [0.25, 0.3) is 19.8 Å². The van der Waals surface area contributed by atoms with Gasteiger partial charge in [-0.2, -0.15) is 4.57 Å². The van der Waals surface area contributed by atoms with Crippen molar-refractivity contribution in [1.82, 2.24) is 9.13 Å². The minimum atomic E-state index is -3.12. The first kappa shape index (κ1) is 30.5. The summed E-state index contributed by atoms with van der Waals surface area (Å²) in [6.45, 7) is 6.00. The third-order valence-electron chi connectivity index (χ3n) is 7.98. The molecular weight excluding hydrogens is 564 g/mol. The topological polar surface area (TPSA) is 109 Å². The molecule has 9 nitrogen and oxygen atoms in total. The van der Waals surface area contributed by atoms with Crippen LogP contribution in [0.1, 0.15) is 37.4 Å². The van der Waals surface area contributed by atoms with Gasteiger partial charge >= 0.3 is 5.69 Å². The zero-order chi connectivity index (χ0) is 30.8. The molecule has 0 radical (unpaired) electrons. The Morgan fingerprint density at radius 3 is 1.88 bits per heavy atom. The van der Waals surface area contributed by atoms with Crippen molar-refractivity contribution in [2.24, 2.45) is 0 Å². The van der Waals surface area contributed by atoms with Gasteiger partial charge in [0.1, 0.15) is 18.3 Å². The van der Waals surface area contributed by atoms with Gasteiger partial charge in [0.15, 0.2) is 6.23 Å². The Balaban J connectivity index is 1.62. The summed E-state index contributed by atoms with van der Waals surface area (Å²) in [6, 6.07) is 29.3. The van der Waals surface area contributed by atoms with Gasteiger partial charge in [-0.25, -0.2) is 4.79 Å². The number of hydrogen-bond donors (Lipinski definition) is 1. The van der Waals surface area contributed by atoms with E-state index in [-0.39, 0.29) is 10.6 Å². The predicted molar refractivity (Wildman–Crippen MR) is 165 cm³/mol. The predicted octanol–water partition coefficient (Wildman–Crippen LogP) is 2.55. The van der Waals surface area contributed by atoms with Crippen LogP contribution in [0.5, 0.6) is 0 Å². The summed E-state index contributed by atoms with van der Waals surface area (Å²) >= 11 is 0. The Bertz CT molecular complexity index is 1630. The SMILES string of the molecule is CO[C@@H]1[C@H](O[Si](c2ccccc2)(c2ccccc2)C(C)(C)C)[C@@H](CO)O[C@H]1n1ccc(=O)n(C(=O)c2ccccc2)c1=O. The number of aliphatic hydroxyl groups is 1. The number of methoxy groups -OCH3 is 1. The van der Waals surface area contributed by atoms with Gasteiger partial charge in [0, 0.05) is 24.9 Å². The number of aliphatic hydroxyl groups excluding tert-OH is 1. The highest BCUT2D eigenvalue weighted by molar-refractivity contribution is 6.99. The van der Waals surface area contributed by atoms with Crippen molar-refractivity contribution in [3.63, 3.8) is 0 Å². The third-order valence-corrected chi connectivity index (χ3v) is 13.0. The van der Waals surface area contributed by atoms with E-state index in [0.29, 0.717) is 4.57 Å². The average Bonchev–Trinajstić information content (AvgIpc) is 3.37. The lowest BCUT2D eigenvalue weighted by Gasteiger charge is -2.45. The Kier molecular flexibility index (Phi) is 8.77. The van der Waals surface area contributed by atoms with Gasteiger partial charge in [0.05, 0.1) is 6.61 Å². The van der Waals surface area contributed by atoms with Crippen molar-refractivity contribution in [2.45, 2.75) is 50.3 Å². The summed E-state index contributed by atoms with van der Waals surface area (Å²) in [4.78, 5) is 39.7. The lowest BCUT2D eigenvalue weighted by atomic mass is 10.1. The number of aromatic nitrogens is 2. The van der Waals surface area contributed by atoms with Gasteiger partial charge < -0.3 is 19.0 Å². The Morgan fingerprint density at radius 1 is 0.860 bits per heavy atom. The maximum atomic E-state index is 13.7. The number of rotatable bonds is 8. The van der Waals surface area contributed by atoms with Crippen LogP contribution in [0.3, 0.4) is 0 Å². The molecule has 0 spiro atoms. The van der Waals surface area contributed by atoms with Gasteiger partial charge in [-0.15, -0.1) is 0 Å². The van der Waals surface area contributed by atoms with E-state index in [1.807, 2.05) is 36.4 Å². The maximum Gasteiger partial charge on any atom is 0.340 e. The number of ether oxygens (including phenoxy) is 2. The van der Waals surface area contributed by atoms with Crippen molar-refractivity contribution < 1.29 is 23.8 Å². The van der Waals surface area contributed by atoms with E-state index in [0.717, 1.165) is 21.0 Å². The monoisotopic (exact) mass is 600 g/mol. The zero-order valence-corrected chi connectivity index (χ0v) is 25.6. The molecule has 3 aromatic carbocycles. The lowest BCUT2D eigenvalue weighted by Crippen LogP contribution is -2.69. The van der Waals surface area contributed by atoms with Crippen LogP contribution < -0.4 is 21.6 Å². The van der Waals surface area contributed by atoms with Crippen LogP contribution in [0, 0.1) is 0 Å². The molecule has 0 aliphatic carbocycles. The third kappa shape index (κ3) is 5.48. The molecule has 4 aromatic rings. The van der Waals surface area contributed by atoms with Crippen LogP contribution in [0.15, 0.2) is 113 Å². The fraction of sp³-hybridized carbons (Fsp3) is 0.303. The van der Waals surface area contributed by atoms with E-state index >= 15 is 0 Å². The fourth-order valence-corrected chi connectivity index (χ4v) is 10.7. The van der Waals surface area contributed by atoms with E-state index in [1.165, 1.54) is 25.4 Å². The summed E-state index contributed by atoms with van der Waals surface area (Å²) in [5, 5.41) is 12.2. The quantitative estimate of drug-likeness (QED) is 0.310. The van der Waals surface area contributed by atoms with Crippen molar-refractivity contribution in [1.29, 1.82) is 0 Å². The first-order chi connectivity index (χ1) is 20.6. The number of benzene rings is 3. The second-order valence-electron chi connectivity index (χ2n) is 11.5. The molecule has 1 aliphatic rings. The van der Waals surface area contributed by atoms with Gasteiger partial charge in [0.2, 0.25) is 0 Å². The second kappa shape index (κ2) is 12.4. The molecule has 5 rings (SSSR count). The molecule has 0 saturated carbocycles. The van der Waals surface area contributed by atoms with Gasteiger partial charge in [-0.05, 0) is 27.5 Å². The summed E-state index contributed by atoms with van der Waals surface area (Å²) in [7, 11) is -1.64. The molecule has 0 unspecified atom stereocenters. The molecule has 4 atom stereocenters. The van der Waals surface area contributed by atoms with E-state index < -0.39 is 56.6 Å². The van der Waals surface area contributed by atoms with E-state index in [1.54, 1.807) is 18.2 Å². The van der Waals surface area contributed by atoms with Crippen molar-refractivity contribution in [2.75, 3.05) is 13.7 Å². The molecule has 1 saturated heterocycles. The normalized spacial score (nSPS) is 20.7. The lowest BCUT2D eigenvalue weighted by molar-refractivity contribution is -0.0629. The van der Waals surface area contributed by atoms with Crippen LogP contribution in [0.2, 0.25) is 5.04 Å². The van der Waals surface area contributed by atoms with Crippen LogP contribution >= 0.6 is 0 Å². The first-order valence-corrected chi connectivity index (χ1v) is 16.1. The summed E-state index contributed by atoms with van der Waals surface area (Å²) in [5.41, 5.74) is -1.45. The number of nitrogens with zero attached hydrogens (tertiary/aromatic N) is 2. The fourth-order valence-electron chi connectivity index (χ4n) is 5.95. The molecular formula is C33H36N2O7Si. The summed E-state index contributed by atoms with van der Waals surface area (Å²) in [6.07, 6.45) is -2.34. The summed E-state index contributed by atoms with van der Waals surface area (Å²) in [5.74, 6) is -0.754. The molecule has 10 heteroatoms. The van der Waals surface area contributed by atoms with E-state index in [2.05, 4.69) is 45.0 Å². The maximum absolute atomic E-state index is 13.7. The molecule has 1 fully saturated rings. The summed E-state index contributed by atoms with van der Waals surface area (Å²) < 4.78 is 21.2. The second-order valence-corrected chi connectivity index (χ2v) is 15.8. The standard InChI is InChI=1S/C33H36N2O7Si/c1-33(2,3)43(24-16-10-6-11-17-24,25-18-12-7-13-19-25)42-28-26(22-36)41-31(29(28)40-4)34-21-20-27(37)35(32(34)39)30(38)23-14-8-5-9-15-23/h5-21,26,28-29,31,36H,22H2,1-4H3/t26-,28-,29-,31-/m1/s1. The molecule has 1 aliphatic heterocycles. The largest absolute Gasteiger partial charge is 0.399 e. The highest BCUT2D eigenvalue weighted by Gasteiger charge is 2.56. The van der Waals surface area contributed by atoms with Gasteiger partial charge in [-0.3, -0.25) is 14.2 Å². The van der Waals surface area contributed by atoms with Crippen molar-refractivity contribution in [3.8, 4) is 0 Å². The number of carbonyl (C=O) groups excluding carboxylic acids is 1. The first-order valence-electron chi connectivity index (χ1n) is 14.2. The minimum absolute atomic E-state index is 0.191. The van der Waals surface area contributed by atoms with Crippen LogP contribution in [0.25, 0.3) is 0 Å². The molecule has 43 heavy (non-hydrogen) atoms. The Morgan fingerprint density at radius 2 is 1.40 bits per heavy atom. The molecule has 224 valence electrons. The van der Waals surface area contributed by atoms with E-state index in [9.17, 15) is 19.5 Å². The number of hydrogen-bond acceptors (Lipinski definition) is 7. The average molecular weight is 601 g/mol. The molecule has 2 heterocycles. The molecule has 0 bridgehead atoms. The van der Waals surface area contributed by atoms with Crippen LogP contribution in [0.4, 0.5) is 0 Å². The van der Waals surface area contributed by atoms with Gasteiger partial charge in [-0.1, -0.05) is 99.6 Å². The van der Waals surface area contributed by atoms with Crippen LogP contribution in [-0.2, 0) is 13.9 Å². The van der Waals surface area contributed by atoms with Crippen molar-refractivity contribution in [3.05, 3.63) is 130 Å². The molecule has 0 amide bonds. The highest BCUT2D eigenvalue weighted by atomic mass is 28.4. The Hall–Kier alpha value is -3.93. The van der Waals surface area contributed by atoms with Crippen LogP contribution in [-0.4, -0.2) is 60.5 Å². The number of carbonyl (C=O) groups is 1. The van der Waals surface area contributed by atoms with E-state index in [4.69, 9.17) is 13.9 Å². The highest BCUT2D eigenvalue weighted by Crippen LogP contribution is 2.41. The minimum Gasteiger partial charge on any atom is -0.399 e. The van der Waals surface area contributed by atoms with Crippen molar-refractivity contribution >= 4 is 24.6 Å². The Labute approximate surface area is 251 Å². The smallest absolute Gasteiger partial charge is 0.340 e. The molecule has 1 aromatic heterocycles. The molecule has 1 N–H and O–H groups in total. The zero-order valence-electron chi connectivity index (χ0n) is 24.6.